The Hall–Kier alpha value is -2.00. The van der Waals surface area contributed by atoms with Crippen molar-refractivity contribution in [1.82, 2.24) is 15.0 Å². The predicted molar refractivity (Wildman–Crippen MR) is 69.0 cm³/mol. The minimum atomic E-state index is -0.475. The summed E-state index contributed by atoms with van der Waals surface area (Å²) in [6.45, 7) is 4.06. The molecule has 104 valence electrons. The summed E-state index contributed by atoms with van der Waals surface area (Å²) in [7, 11) is 1.67. The Morgan fingerprint density at radius 2 is 2.05 bits per heavy atom. The Morgan fingerprint density at radius 3 is 2.63 bits per heavy atom. The Bertz CT molecular complexity index is 475. The maximum atomic E-state index is 11.1. The average Bonchev–Trinajstić information content (AvgIpc) is 2.38. The van der Waals surface area contributed by atoms with E-state index in [0.29, 0.717) is 37.9 Å². The molecule has 1 aromatic heterocycles. The van der Waals surface area contributed by atoms with E-state index < -0.39 is 4.92 Å². The predicted octanol–water partition coefficient (Wildman–Crippen LogP) is 0.394. The second kappa shape index (κ2) is 5.76. The fraction of sp³-hybridized carbons (Fsp3) is 0.600. The monoisotopic (exact) mass is 268 g/mol. The lowest BCUT2D eigenvalue weighted by molar-refractivity contribution is -0.385. The number of morpholine rings is 1. The number of hydrogen-bond acceptors (Lipinski definition) is 8. The average molecular weight is 268 g/mol. The van der Waals surface area contributed by atoms with Gasteiger partial charge in [-0.05, 0) is 6.92 Å². The zero-order valence-corrected chi connectivity index (χ0v) is 10.8. The number of aromatic nitrogens is 2. The van der Waals surface area contributed by atoms with E-state index in [1.807, 2.05) is 5.01 Å². The summed E-state index contributed by atoms with van der Waals surface area (Å²) < 4.78 is 5.22. The van der Waals surface area contributed by atoms with Crippen molar-refractivity contribution >= 4 is 17.5 Å². The zero-order chi connectivity index (χ0) is 13.8. The Kier molecular flexibility index (Phi) is 4.07. The van der Waals surface area contributed by atoms with E-state index in [9.17, 15) is 10.1 Å². The number of nitrogens with zero attached hydrogens (tertiary/aromatic N) is 4. The molecule has 1 aromatic rings. The standard InChI is InChI=1S/C10H16N6O3/c1-7-8(16(17)18)9(13-10(11-2)12-7)14-15-3-5-19-6-4-15/h3-6H2,1-2H3,(H2,11,12,13,14). The van der Waals surface area contributed by atoms with Gasteiger partial charge in [0.2, 0.25) is 11.8 Å². The fourth-order valence-electron chi connectivity index (χ4n) is 1.80. The van der Waals surface area contributed by atoms with Gasteiger partial charge in [-0.25, -0.2) is 9.99 Å². The molecule has 2 heterocycles. The van der Waals surface area contributed by atoms with Gasteiger partial charge in [0.1, 0.15) is 5.69 Å². The lowest BCUT2D eigenvalue weighted by atomic mass is 10.3. The molecule has 2 rings (SSSR count). The number of rotatable bonds is 4. The molecule has 1 aliphatic rings. The molecule has 1 saturated heterocycles. The van der Waals surface area contributed by atoms with Gasteiger partial charge in [0.25, 0.3) is 0 Å². The summed E-state index contributed by atoms with van der Waals surface area (Å²) in [4.78, 5) is 18.8. The first-order valence-electron chi connectivity index (χ1n) is 5.92. The van der Waals surface area contributed by atoms with Crippen LogP contribution in [0.2, 0.25) is 0 Å². The van der Waals surface area contributed by atoms with E-state index in [4.69, 9.17) is 4.74 Å². The van der Waals surface area contributed by atoms with Gasteiger partial charge in [-0.1, -0.05) is 0 Å². The number of hydrogen-bond donors (Lipinski definition) is 2. The van der Waals surface area contributed by atoms with E-state index in [-0.39, 0.29) is 11.5 Å². The van der Waals surface area contributed by atoms with Crippen molar-refractivity contribution in [2.24, 2.45) is 0 Å². The summed E-state index contributed by atoms with van der Waals surface area (Å²) >= 11 is 0. The molecule has 0 unspecified atom stereocenters. The molecular formula is C10H16N6O3. The smallest absolute Gasteiger partial charge is 0.333 e. The highest BCUT2D eigenvalue weighted by Crippen LogP contribution is 2.26. The van der Waals surface area contributed by atoms with E-state index in [0.717, 1.165) is 0 Å². The zero-order valence-electron chi connectivity index (χ0n) is 10.8. The molecule has 1 fully saturated rings. The normalized spacial score (nSPS) is 16.1. The third kappa shape index (κ3) is 3.06. The van der Waals surface area contributed by atoms with Crippen molar-refractivity contribution in [3.05, 3.63) is 15.8 Å². The topological polar surface area (TPSA) is 105 Å². The van der Waals surface area contributed by atoms with Crippen molar-refractivity contribution < 1.29 is 9.66 Å². The van der Waals surface area contributed by atoms with Gasteiger partial charge in [0.05, 0.1) is 18.1 Å². The van der Waals surface area contributed by atoms with Crippen LogP contribution in [-0.4, -0.2) is 53.3 Å². The largest absolute Gasteiger partial charge is 0.379 e. The van der Waals surface area contributed by atoms with Crippen LogP contribution in [0.15, 0.2) is 0 Å². The van der Waals surface area contributed by atoms with Gasteiger partial charge in [0, 0.05) is 20.1 Å². The second-order valence-electron chi connectivity index (χ2n) is 4.05. The van der Waals surface area contributed by atoms with Crippen molar-refractivity contribution in [3.63, 3.8) is 0 Å². The summed E-state index contributed by atoms with van der Waals surface area (Å²) in [6, 6.07) is 0. The highest BCUT2D eigenvalue weighted by molar-refractivity contribution is 5.60. The number of anilines is 2. The molecule has 0 amide bonds. The maximum absolute atomic E-state index is 11.1. The van der Waals surface area contributed by atoms with Gasteiger partial charge in [0.15, 0.2) is 0 Å². The van der Waals surface area contributed by atoms with Gasteiger partial charge in [-0.15, -0.1) is 0 Å². The van der Waals surface area contributed by atoms with Crippen LogP contribution in [0, 0.1) is 17.0 Å². The second-order valence-corrected chi connectivity index (χ2v) is 4.05. The fourth-order valence-corrected chi connectivity index (χ4v) is 1.80. The number of aryl methyl sites for hydroxylation is 1. The van der Waals surface area contributed by atoms with Gasteiger partial charge in [-0.3, -0.25) is 15.5 Å². The van der Waals surface area contributed by atoms with Crippen LogP contribution in [0.25, 0.3) is 0 Å². The molecule has 1 aliphatic heterocycles. The van der Waals surface area contributed by atoms with E-state index in [2.05, 4.69) is 20.7 Å². The minimum Gasteiger partial charge on any atom is -0.379 e. The molecule has 2 N–H and O–H groups in total. The van der Waals surface area contributed by atoms with Crippen LogP contribution >= 0.6 is 0 Å². The van der Waals surface area contributed by atoms with Crippen LogP contribution in [0.4, 0.5) is 17.5 Å². The Balaban J connectivity index is 2.29. The summed E-state index contributed by atoms with van der Waals surface area (Å²) in [5.41, 5.74) is 3.18. The molecule has 0 saturated carbocycles. The van der Waals surface area contributed by atoms with Crippen LogP contribution in [0.3, 0.4) is 0 Å². The highest BCUT2D eigenvalue weighted by Gasteiger charge is 2.24. The first-order chi connectivity index (χ1) is 9.11. The quantitative estimate of drug-likeness (QED) is 0.597. The van der Waals surface area contributed by atoms with Crippen molar-refractivity contribution in [2.45, 2.75) is 6.92 Å². The van der Waals surface area contributed by atoms with Crippen LogP contribution in [-0.2, 0) is 4.74 Å². The first kappa shape index (κ1) is 13.4. The first-order valence-corrected chi connectivity index (χ1v) is 5.92. The SMILES string of the molecule is CNc1nc(C)c([N+](=O)[O-])c(NN2CCOCC2)n1. The van der Waals surface area contributed by atoms with E-state index in [1.165, 1.54) is 0 Å². The van der Waals surface area contributed by atoms with Crippen molar-refractivity contribution in [1.29, 1.82) is 0 Å². The van der Waals surface area contributed by atoms with E-state index >= 15 is 0 Å². The minimum absolute atomic E-state index is 0.106. The third-order valence-electron chi connectivity index (χ3n) is 2.74. The molecule has 0 aromatic carbocycles. The number of ether oxygens (including phenoxy) is 1. The molecule has 0 spiro atoms. The summed E-state index contributed by atoms with van der Waals surface area (Å²) in [5, 5.41) is 15.7. The Morgan fingerprint density at radius 1 is 1.37 bits per heavy atom. The van der Waals surface area contributed by atoms with Gasteiger partial charge in [-0.2, -0.15) is 4.98 Å². The van der Waals surface area contributed by atoms with E-state index in [1.54, 1.807) is 14.0 Å². The van der Waals surface area contributed by atoms with Crippen molar-refractivity contribution in [2.75, 3.05) is 44.1 Å². The van der Waals surface area contributed by atoms with Gasteiger partial charge >= 0.3 is 5.69 Å². The lowest BCUT2D eigenvalue weighted by Gasteiger charge is -2.27. The molecule has 0 atom stereocenters. The summed E-state index contributed by atoms with van der Waals surface area (Å²) in [5.74, 6) is 0.544. The van der Waals surface area contributed by atoms with Gasteiger partial charge < -0.3 is 10.1 Å². The van der Waals surface area contributed by atoms with Crippen LogP contribution in [0.5, 0.6) is 0 Å². The van der Waals surface area contributed by atoms with Crippen LogP contribution in [0.1, 0.15) is 5.69 Å². The number of nitrogens with one attached hydrogen (secondary N) is 2. The lowest BCUT2D eigenvalue weighted by Crippen LogP contribution is -2.40. The van der Waals surface area contributed by atoms with Crippen molar-refractivity contribution in [3.8, 4) is 0 Å². The molecule has 9 nitrogen and oxygen atoms in total. The number of nitro groups is 1. The Labute approximate surface area is 110 Å². The molecule has 9 heteroatoms. The maximum Gasteiger partial charge on any atom is 0.333 e. The summed E-state index contributed by atoms with van der Waals surface area (Å²) in [6.07, 6.45) is 0. The highest BCUT2D eigenvalue weighted by atomic mass is 16.6. The molecule has 0 aliphatic carbocycles. The molecule has 19 heavy (non-hydrogen) atoms. The molecule has 0 radical (unpaired) electrons. The third-order valence-corrected chi connectivity index (χ3v) is 2.74. The molecule has 0 bridgehead atoms. The van der Waals surface area contributed by atoms with Crippen LogP contribution < -0.4 is 10.7 Å². The number of hydrazine groups is 1. The molecular weight excluding hydrogens is 252 g/mol.